The summed E-state index contributed by atoms with van der Waals surface area (Å²) in [6.45, 7) is 6.40. The van der Waals surface area contributed by atoms with Crippen molar-refractivity contribution >= 4 is 31.6 Å². The van der Waals surface area contributed by atoms with Crippen molar-refractivity contribution in [1.82, 2.24) is 0 Å². The lowest BCUT2D eigenvalue weighted by Gasteiger charge is -2.27. The molecule has 5 heteroatoms. The zero-order valence-corrected chi connectivity index (χ0v) is 15.4. The molecule has 0 bridgehead atoms. The van der Waals surface area contributed by atoms with Crippen LogP contribution >= 0.6 is 15.9 Å². The van der Waals surface area contributed by atoms with Gasteiger partial charge >= 0.3 is 0 Å². The van der Waals surface area contributed by atoms with Crippen LogP contribution in [0.3, 0.4) is 0 Å². The fourth-order valence-electron chi connectivity index (χ4n) is 2.28. The maximum Gasteiger partial charge on any atom is 0.264 e. The number of nitrogens with zero attached hydrogens (tertiary/aromatic N) is 1. The van der Waals surface area contributed by atoms with E-state index in [1.165, 1.54) is 4.31 Å². The molecule has 2 aromatic carbocycles. The predicted octanol–water partition coefficient (Wildman–Crippen LogP) is 4.61. The molecule has 2 aromatic rings. The van der Waals surface area contributed by atoms with Gasteiger partial charge in [-0.2, -0.15) is 0 Å². The highest BCUT2D eigenvalue weighted by Gasteiger charge is 2.26. The van der Waals surface area contributed by atoms with Gasteiger partial charge in [-0.25, -0.2) is 8.42 Å². The fraction of sp³-hybridized carbons (Fsp3) is 0.294. The van der Waals surface area contributed by atoms with E-state index in [0.717, 1.165) is 15.7 Å². The molecule has 0 aliphatic carbocycles. The van der Waals surface area contributed by atoms with Crippen molar-refractivity contribution in [1.29, 1.82) is 0 Å². The van der Waals surface area contributed by atoms with Gasteiger partial charge in [0, 0.05) is 11.0 Å². The van der Waals surface area contributed by atoms with E-state index < -0.39 is 10.0 Å². The summed E-state index contributed by atoms with van der Waals surface area (Å²) in [6, 6.07) is 14.2. The molecule has 0 fully saturated rings. The number of hydrogen-bond donors (Lipinski definition) is 0. The Hall–Kier alpha value is -1.33. The monoisotopic (exact) mass is 381 g/mol. The normalized spacial score (nSPS) is 11.7. The quantitative estimate of drug-likeness (QED) is 0.758. The highest BCUT2D eigenvalue weighted by Crippen LogP contribution is 2.29. The van der Waals surface area contributed by atoms with Gasteiger partial charge < -0.3 is 0 Å². The molecule has 0 aliphatic rings. The van der Waals surface area contributed by atoms with E-state index in [9.17, 15) is 8.42 Å². The van der Waals surface area contributed by atoms with Crippen molar-refractivity contribution in [2.75, 3.05) is 10.8 Å². The molecular formula is C17H20BrNO2S. The van der Waals surface area contributed by atoms with E-state index in [1.54, 1.807) is 24.3 Å². The van der Waals surface area contributed by atoms with Gasteiger partial charge in [0.05, 0.1) is 10.6 Å². The van der Waals surface area contributed by atoms with E-state index in [-0.39, 0.29) is 5.92 Å². The average Bonchev–Trinajstić information content (AvgIpc) is 2.46. The van der Waals surface area contributed by atoms with Crippen LogP contribution in [0.1, 0.15) is 19.4 Å². The molecule has 0 unspecified atom stereocenters. The number of anilines is 1. The van der Waals surface area contributed by atoms with Crippen LogP contribution in [0.2, 0.25) is 0 Å². The first kappa shape index (κ1) is 17.0. The summed E-state index contributed by atoms with van der Waals surface area (Å²) in [5, 5.41) is 0. The highest BCUT2D eigenvalue weighted by atomic mass is 79.9. The third-order valence-electron chi connectivity index (χ3n) is 3.29. The summed E-state index contributed by atoms with van der Waals surface area (Å²) in [5.74, 6) is 0.224. The van der Waals surface area contributed by atoms with Crippen molar-refractivity contribution in [3.05, 3.63) is 58.6 Å². The molecule has 0 heterocycles. The predicted molar refractivity (Wildman–Crippen MR) is 94.7 cm³/mol. The lowest BCUT2D eigenvalue weighted by molar-refractivity contribution is 0.577. The minimum atomic E-state index is -3.57. The third-order valence-corrected chi connectivity index (χ3v) is 5.58. The Labute approximate surface area is 141 Å². The lowest BCUT2D eigenvalue weighted by atomic mass is 10.1. The summed E-state index contributed by atoms with van der Waals surface area (Å²) in [6.07, 6.45) is 0. The topological polar surface area (TPSA) is 37.4 Å². The van der Waals surface area contributed by atoms with Gasteiger partial charge in [0.25, 0.3) is 10.0 Å². The fourth-order valence-corrected chi connectivity index (χ4v) is 4.47. The molecule has 118 valence electrons. The molecule has 0 radical (unpaired) electrons. The minimum absolute atomic E-state index is 0.224. The summed E-state index contributed by atoms with van der Waals surface area (Å²) < 4.78 is 28.5. The Morgan fingerprint density at radius 3 is 2.27 bits per heavy atom. The van der Waals surface area contributed by atoms with Gasteiger partial charge in [-0.15, -0.1) is 0 Å². The van der Waals surface area contributed by atoms with Crippen molar-refractivity contribution in [2.45, 2.75) is 25.7 Å². The summed E-state index contributed by atoms with van der Waals surface area (Å²) in [4.78, 5) is 0.318. The van der Waals surface area contributed by atoms with Gasteiger partial charge in [0.15, 0.2) is 0 Å². The van der Waals surface area contributed by atoms with Crippen LogP contribution in [0.25, 0.3) is 0 Å². The van der Waals surface area contributed by atoms with Crippen molar-refractivity contribution in [3.63, 3.8) is 0 Å². The third kappa shape index (κ3) is 3.70. The molecule has 0 N–H and O–H groups in total. The lowest BCUT2D eigenvalue weighted by Crippen LogP contribution is -2.34. The van der Waals surface area contributed by atoms with E-state index in [2.05, 4.69) is 15.9 Å². The minimum Gasteiger partial charge on any atom is -0.266 e. The second-order valence-electron chi connectivity index (χ2n) is 5.67. The molecule has 2 rings (SSSR count). The average molecular weight is 382 g/mol. The summed E-state index contributed by atoms with van der Waals surface area (Å²) in [7, 11) is -3.57. The SMILES string of the molecule is Cc1cc(Br)ccc1N(CC(C)C)S(=O)(=O)c1ccccc1. The summed E-state index contributed by atoms with van der Waals surface area (Å²) >= 11 is 3.42. The second kappa shape index (κ2) is 6.84. The number of rotatable bonds is 5. The Balaban J connectivity index is 2.55. The Morgan fingerprint density at radius 1 is 1.09 bits per heavy atom. The van der Waals surface area contributed by atoms with Gasteiger partial charge in [0.2, 0.25) is 0 Å². The van der Waals surface area contributed by atoms with E-state index in [4.69, 9.17) is 0 Å². The van der Waals surface area contributed by atoms with E-state index in [0.29, 0.717) is 11.4 Å². The van der Waals surface area contributed by atoms with Crippen LogP contribution < -0.4 is 4.31 Å². The second-order valence-corrected chi connectivity index (χ2v) is 8.45. The van der Waals surface area contributed by atoms with Crippen molar-refractivity contribution in [3.8, 4) is 0 Å². The zero-order chi connectivity index (χ0) is 16.3. The Kier molecular flexibility index (Phi) is 5.29. The van der Waals surface area contributed by atoms with Crippen molar-refractivity contribution < 1.29 is 8.42 Å². The van der Waals surface area contributed by atoms with Gasteiger partial charge in [0.1, 0.15) is 0 Å². The van der Waals surface area contributed by atoms with Crippen LogP contribution in [0, 0.1) is 12.8 Å². The molecule has 0 atom stereocenters. The van der Waals surface area contributed by atoms with Gasteiger partial charge in [-0.05, 0) is 48.7 Å². The van der Waals surface area contributed by atoms with E-state index >= 15 is 0 Å². The van der Waals surface area contributed by atoms with Crippen molar-refractivity contribution in [2.24, 2.45) is 5.92 Å². The first-order valence-electron chi connectivity index (χ1n) is 7.16. The van der Waals surface area contributed by atoms with Crippen LogP contribution in [-0.2, 0) is 10.0 Å². The summed E-state index contributed by atoms with van der Waals surface area (Å²) in [5.41, 5.74) is 1.65. The Morgan fingerprint density at radius 2 is 1.73 bits per heavy atom. The molecule has 0 aromatic heterocycles. The van der Waals surface area contributed by atoms with Gasteiger partial charge in [-0.3, -0.25) is 4.31 Å². The number of aryl methyl sites for hydroxylation is 1. The molecule has 22 heavy (non-hydrogen) atoms. The van der Waals surface area contributed by atoms with Crippen LogP contribution in [0.5, 0.6) is 0 Å². The van der Waals surface area contributed by atoms with Crippen LogP contribution in [0.15, 0.2) is 57.9 Å². The maximum absolute atomic E-state index is 13.0. The molecule has 0 saturated carbocycles. The molecule has 0 saturated heterocycles. The maximum atomic E-state index is 13.0. The molecule has 0 aliphatic heterocycles. The van der Waals surface area contributed by atoms with E-state index in [1.807, 2.05) is 45.0 Å². The standard InChI is InChI=1S/C17H20BrNO2S/c1-13(2)12-19(17-10-9-15(18)11-14(17)3)22(20,21)16-7-5-4-6-8-16/h4-11,13H,12H2,1-3H3. The molecule has 0 amide bonds. The first-order valence-corrected chi connectivity index (χ1v) is 9.39. The number of halogens is 1. The van der Waals surface area contributed by atoms with Crippen LogP contribution in [-0.4, -0.2) is 15.0 Å². The first-order chi connectivity index (χ1) is 10.3. The zero-order valence-electron chi connectivity index (χ0n) is 13.0. The number of benzene rings is 2. The largest absolute Gasteiger partial charge is 0.266 e. The smallest absolute Gasteiger partial charge is 0.264 e. The Bertz CT molecular complexity index is 743. The number of sulfonamides is 1. The molecule has 0 spiro atoms. The molecular weight excluding hydrogens is 362 g/mol. The van der Waals surface area contributed by atoms with Crippen LogP contribution in [0.4, 0.5) is 5.69 Å². The highest BCUT2D eigenvalue weighted by molar-refractivity contribution is 9.10. The number of hydrogen-bond acceptors (Lipinski definition) is 2. The molecule has 3 nitrogen and oxygen atoms in total. The van der Waals surface area contributed by atoms with Gasteiger partial charge in [-0.1, -0.05) is 48.0 Å².